The van der Waals surface area contributed by atoms with Crippen LogP contribution in [0.5, 0.6) is 0 Å². The molecule has 0 saturated heterocycles. The SMILES string of the molecule is C=Nc1ccc(/N=N/c2sc(C#N)c(C)c2C#N)c(C)c1. The van der Waals surface area contributed by atoms with Crippen molar-refractivity contribution in [2.45, 2.75) is 13.8 Å². The first kappa shape index (κ1) is 14.6. The van der Waals surface area contributed by atoms with Gasteiger partial charge < -0.3 is 0 Å². The van der Waals surface area contributed by atoms with Gasteiger partial charge in [0.2, 0.25) is 0 Å². The minimum atomic E-state index is 0.405. The Hall–Kier alpha value is -2.83. The minimum Gasteiger partial charge on any atom is -0.265 e. The van der Waals surface area contributed by atoms with E-state index in [4.69, 9.17) is 10.5 Å². The monoisotopic (exact) mass is 293 g/mol. The topological polar surface area (TPSA) is 84.7 Å². The van der Waals surface area contributed by atoms with Crippen LogP contribution >= 0.6 is 11.3 Å². The van der Waals surface area contributed by atoms with Crippen molar-refractivity contribution in [2.75, 3.05) is 0 Å². The molecule has 0 unspecified atom stereocenters. The zero-order valence-corrected chi connectivity index (χ0v) is 12.4. The largest absolute Gasteiger partial charge is 0.265 e. The fourth-order valence-corrected chi connectivity index (χ4v) is 2.63. The van der Waals surface area contributed by atoms with E-state index < -0.39 is 0 Å². The molecule has 0 fully saturated rings. The second-order valence-electron chi connectivity index (χ2n) is 4.29. The van der Waals surface area contributed by atoms with Crippen molar-refractivity contribution in [1.29, 1.82) is 10.5 Å². The highest BCUT2D eigenvalue weighted by Crippen LogP contribution is 2.35. The number of azo groups is 1. The molecule has 102 valence electrons. The smallest absolute Gasteiger partial charge is 0.158 e. The summed E-state index contributed by atoms with van der Waals surface area (Å²) >= 11 is 1.17. The average Bonchev–Trinajstić information content (AvgIpc) is 2.81. The van der Waals surface area contributed by atoms with Gasteiger partial charge in [-0.15, -0.1) is 21.6 Å². The molecule has 0 N–H and O–H groups in total. The van der Waals surface area contributed by atoms with E-state index >= 15 is 0 Å². The number of thiophene rings is 1. The molecule has 0 spiro atoms. The van der Waals surface area contributed by atoms with Crippen molar-refractivity contribution in [2.24, 2.45) is 15.2 Å². The zero-order chi connectivity index (χ0) is 15.4. The standard InChI is InChI=1S/C15H11N5S/c1-9-6-11(18-3)4-5-13(9)19-20-15-12(7-16)10(2)14(8-17)21-15/h4-6H,3H2,1-2H3/b20-19+. The first-order valence-corrected chi connectivity index (χ1v) is 6.85. The molecule has 1 aromatic carbocycles. The van der Waals surface area contributed by atoms with Crippen LogP contribution in [0.2, 0.25) is 0 Å². The highest BCUT2D eigenvalue weighted by molar-refractivity contribution is 7.16. The second-order valence-corrected chi connectivity index (χ2v) is 5.29. The van der Waals surface area contributed by atoms with E-state index in [2.05, 4.69) is 34.1 Å². The molecular weight excluding hydrogens is 282 g/mol. The Bertz CT molecular complexity index is 818. The molecule has 0 aliphatic carbocycles. The molecule has 0 radical (unpaired) electrons. The molecule has 2 aromatic rings. The van der Waals surface area contributed by atoms with Crippen molar-refractivity contribution in [3.8, 4) is 12.1 Å². The Balaban J connectivity index is 2.41. The summed E-state index contributed by atoms with van der Waals surface area (Å²) in [5.74, 6) is 0. The molecule has 1 heterocycles. The van der Waals surface area contributed by atoms with Crippen LogP contribution in [-0.4, -0.2) is 6.72 Å². The number of aryl methyl sites for hydroxylation is 1. The van der Waals surface area contributed by atoms with Crippen LogP contribution in [0.15, 0.2) is 33.4 Å². The number of benzene rings is 1. The predicted octanol–water partition coefficient (Wildman–Crippen LogP) is 4.86. The van der Waals surface area contributed by atoms with Gasteiger partial charge in [0.05, 0.1) is 16.9 Å². The van der Waals surface area contributed by atoms with Crippen molar-refractivity contribution >= 4 is 34.4 Å². The molecule has 0 bridgehead atoms. The molecule has 0 amide bonds. The molecular formula is C15H11N5S. The highest BCUT2D eigenvalue weighted by atomic mass is 32.1. The van der Waals surface area contributed by atoms with E-state index in [1.54, 1.807) is 19.1 Å². The molecule has 5 nitrogen and oxygen atoms in total. The van der Waals surface area contributed by atoms with E-state index in [-0.39, 0.29) is 0 Å². The maximum atomic E-state index is 9.15. The van der Waals surface area contributed by atoms with E-state index in [0.717, 1.165) is 11.3 Å². The van der Waals surface area contributed by atoms with E-state index in [0.29, 0.717) is 26.7 Å². The summed E-state index contributed by atoms with van der Waals surface area (Å²) in [4.78, 5) is 4.33. The Morgan fingerprint density at radius 2 is 1.90 bits per heavy atom. The van der Waals surface area contributed by atoms with Crippen LogP contribution < -0.4 is 0 Å². The summed E-state index contributed by atoms with van der Waals surface area (Å²) in [5, 5.41) is 26.9. The van der Waals surface area contributed by atoms with Crippen LogP contribution in [0.25, 0.3) is 0 Å². The first-order chi connectivity index (χ1) is 10.1. The third-order valence-corrected chi connectivity index (χ3v) is 4.03. The van der Waals surface area contributed by atoms with Gasteiger partial charge in [-0.2, -0.15) is 10.5 Å². The minimum absolute atomic E-state index is 0.405. The third-order valence-electron chi connectivity index (χ3n) is 2.95. The van der Waals surface area contributed by atoms with E-state index in [9.17, 15) is 0 Å². The lowest BCUT2D eigenvalue weighted by Crippen LogP contribution is -1.76. The molecule has 0 aliphatic rings. The van der Waals surface area contributed by atoms with Crippen molar-refractivity contribution < 1.29 is 0 Å². The lowest BCUT2D eigenvalue weighted by Gasteiger charge is -1.99. The molecule has 6 heteroatoms. The normalized spacial score (nSPS) is 10.3. The molecule has 21 heavy (non-hydrogen) atoms. The van der Waals surface area contributed by atoms with E-state index in [1.807, 2.05) is 13.0 Å². The van der Waals surface area contributed by atoms with Crippen molar-refractivity contribution in [1.82, 2.24) is 0 Å². The van der Waals surface area contributed by atoms with Crippen LogP contribution in [0.4, 0.5) is 16.4 Å². The van der Waals surface area contributed by atoms with Crippen LogP contribution in [0, 0.1) is 36.5 Å². The van der Waals surface area contributed by atoms with Gasteiger partial charge in [0.25, 0.3) is 0 Å². The van der Waals surface area contributed by atoms with Gasteiger partial charge in [0, 0.05) is 0 Å². The molecule has 0 aliphatic heterocycles. The highest BCUT2D eigenvalue weighted by Gasteiger charge is 2.14. The number of nitrogens with zero attached hydrogens (tertiary/aromatic N) is 5. The molecule has 0 atom stereocenters. The van der Waals surface area contributed by atoms with Gasteiger partial charge in [-0.1, -0.05) is 0 Å². The fraction of sp³-hybridized carbons (Fsp3) is 0.133. The summed E-state index contributed by atoms with van der Waals surface area (Å²) < 4.78 is 0. The predicted molar refractivity (Wildman–Crippen MR) is 83.1 cm³/mol. The van der Waals surface area contributed by atoms with Crippen LogP contribution in [-0.2, 0) is 0 Å². The van der Waals surface area contributed by atoms with Gasteiger partial charge in [-0.25, -0.2) is 0 Å². The quantitative estimate of drug-likeness (QED) is 0.598. The summed E-state index contributed by atoms with van der Waals surface area (Å²) in [6.45, 7) is 7.11. The molecule has 0 saturated carbocycles. The molecule has 2 rings (SSSR count). The fourth-order valence-electron chi connectivity index (χ4n) is 1.76. The van der Waals surface area contributed by atoms with Crippen LogP contribution in [0.3, 0.4) is 0 Å². The Kier molecular flexibility index (Phi) is 4.22. The Morgan fingerprint density at radius 3 is 2.48 bits per heavy atom. The van der Waals surface area contributed by atoms with E-state index in [1.165, 1.54) is 11.3 Å². The summed E-state index contributed by atoms with van der Waals surface area (Å²) in [5.41, 5.74) is 3.43. The maximum absolute atomic E-state index is 9.15. The first-order valence-electron chi connectivity index (χ1n) is 6.03. The Morgan fingerprint density at radius 1 is 1.14 bits per heavy atom. The van der Waals surface area contributed by atoms with Crippen LogP contribution in [0.1, 0.15) is 21.6 Å². The lowest BCUT2D eigenvalue weighted by molar-refractivity contribution is 1.22. The number of aliphatic imine (C=N–C) groups is 1. The molecule has 1 aromatic heterocycles. The summed E-state index contributed by atoms with van der Waals surface area (Å²) in [7, 11) is 0. The maximum Gasteiger partial charge on any atom is 0.158 e. The van der Waals surface area contributed by atoms with Gasteiger partial charge in [-0.05, 0) is 49.9 Å². The van der Waals surface area contributed by atoms with Crippen molar-refractivity contribution in [3.05, 3.63) is 39.8 Å². The van der Waals surface area contributed by atoms with Gasteiger partial charge >= 0.3 is 0 Å². The second kappa shape index (κ2) is 6.08. The number of rotatable bonds is 3. The Labute approximate surface area is 126 Å². The van der Waals surface area contributed by atoms with Crippen molar-refractivity contribution in [3.63, 3.8) is 0 Å². The number of hydrogen-bond donors (Lipinski definition) is 0. The summed E-state index contributed by atoms with van der Waals surface area (Å²) in [6.07, 6.45) is 0. The summed E-state index contributed by atoms with van der Waals surface area (Å²) in [6, 6.07) is 9.57. The number of hydrogen-bond acceptors (Lipinski definition) is 6. The number of nitriles is 2. The van der Waals surface area contributed by atoms with Gasteiger partial charge in [-0.3, -0.25) is 4.99 Å². The van der Waals surface area contributed by atoms with Gasteiger partial charge in [0.15, 0.2) is 5.00 Å². The zero-order valence-electron chi connectivity index (χ0n) is 11.6. The lowest BCUT2D eigenvalue weighted by atomic mass is 10.2. The third kappa shape index (κ3) is 2.86. The van der Waals surface area contributed by atoms with Gasteiger partial charge in [0.1, 0.15) is 17.0 Å². The average molecular weight is 293 g/mol.